The van der Waals surface area contributed by atoms with Gasteiger partial charge in [-0.15, -0.1) is 0 Å². The Kier molecular flexibility index (Phi) is 8.24. The van der Waals surface area contributed by atoms with Crippen molar-refractivity contribution in [3.8, 4) is 0 Å². The molecule has 1 saturated carbocycles. The van der Waals surface area contributed by atoms with Crippen molar-refractivity contribution in [3.63, 3.8) is 0 Å². The number of amides is 2. The van der Waals surface area contributed by atoms with Gasteiger partial charge in [-0.1, -0.05) is 87.7 Å². The van der Waals surface area contributed by atoms with Gasteiger partial charge < -0.3 is 10.2 Å². The van der Waals surface area contributed by atoms with Gasteiger partial charge in [0.1, 0.15) is 11.7 Å². The van der Waals surface area contributed by atoms with E-state index in [1.54, 1.807) is 4.90 Å². The lowest BCUT2D eigenvalue weighted by Crippen LogP contribution is -2.47. The lowest BCUT2D eigenvalue weighted by Gasteiger charge is -2.33. The molecule has 0 spiro atoms. The fourth-order valence-electron chi connectivity index (χ4n) is 4.68. The SMILES string of the molecule is CC(C)c1ccc(C(C(=O)NC2CCCCC2)N(Cc2ccccc2)C(=O)c2cnccn2)cc1. The van der Waals surface area contributed by atoms with Crippen LogP contribution in [-0.2, 0) is 11.3 Å². The molecule has 1 N–H and O–H groups in total. The number of rotatable bonds is 8. The van der Waals surface area contributed by atoms with E-state index < -0.39 is 6.04 Å². The molecule has 1 atom stereocenters. The minimum atomic E-state index is -0.784. The minimum absolute atomic E-state index is 0.138. The minimum Gasteiger partial charge on any atom is -0.351 e. The monoisotopic (exact) mass is 470 g/mol. The van der Waals surface area contributed by atoms with Crippen LogP contribution in [0, 0.1) is 0 Å². The van der Waals surface area contributed by atoms with Crippen molar-refractivity contribution < 1.29 is 9.59 Å². The third-order valence-electron chi connectivity index (χ3n) is 6.67. The van der Waals surface area contributed by atoms with Crippen LogP contribution in [0.4, 0.5) is 0 Å². The molecule has 1 aromatic heterocycles. The molecule has 1 unspecified atom stereocenters. The predicted octanol–water partition coefficient (Wildman–Crippen LogP) is 5.43. The van der Waals surface area contributed by atoms with E-state index in [0.717, 1.165) is 36.8 Å². The van der Waals surface area contributed by atoms with Crippen LogP contribution < -0.4 is 5.32 Å². The molecule has 35 heavy (non-hydrogen) atoms. The Morgan fingerprint density at radius 3 is 2.26 bits per heavy atom. The fourth-order valence-corrected chi connectivity index (χ4v) is 4.68. The van der Waals surface area contributed by atoms with Gasteiger partial charge in [0.2, 0.25) is 5.91 Å². The molecule has 1 fully saturated rings. The Bertz CT molecular complexity index is 1090. The quantitative estimate of drug-likeness (QED) is 0.476. The summed E-state index contributed by atoms with van der Waals surface area (Å²) in [5.74, 6) is -0.0961. The molecule has 182 valence electrons. The van der Waals surface area contributed by atoms with E-state index in [0.29, 0.717) is 5.92 Å². The van der Waals surface area contributed by atoms with E-state index in [2.05, 4.69) is 29.1 Å². The highest BCUT2D eigenvalue weighted by Gasteiger charge is 2.34. The van der Waals surface area contributed by atoms with E-state index in [4.69, 9.17) is 0 Å². The lowest BCUT2D eigenvalue weighted by molar-refractivity contribution is -0.127. The van der Waals surface area contributed by atoms with Crippen LogP contribution in [-0.4, -0.2) is 32.7 Å². The molecule has 1 aliphatic rings. The Labute approximate surface area is 207 Å². The second-order valence-corrected chi connectivity index (χ2v) is 9.58. The van der Waals surface area contributed by atoms with Gasteiger partial charge in [0.15, 0.2) is 0 Å². The summed E-state index contributed by atoms with van der Waals surface area (Å²) in [6.45, 7) is 4.56. The molecule has 6 heteroatoms. The molecule has 0 saturated heterocycles. The van der Waals surface area contributed by atoms with Crippen LogP contribution in [0.3, 0.4) is 0 Å². The zero-order chi connectivity index (χ0) is 24.6. The van der Waals surface area contributed by atoms with Gasteiger partial charge in [-0.3, -0.25) is 14.6 Å². The molecule has 4 rings (SSSR count). The van der Waals surface area contributed by atoms with Crippen LogP contribution >= 0.6 is 0 Å². The highest BCUT2D eigenvalue weighted by atomic mass is 16.2. The number of carbonyl (C=O) groups is 2. The average Bonchev–Trinajstić information content (AvgIpc) is 2.90. The zero-order valence-electron chi connectivity index (χ0n) is 20.6. The smallest absolute Gasteiger partial charge is 0.275 e. The van der Waals surface area contributed by atoms with Gasteiger partial charge in [-0.2, -0.15) is 0 Å². The van der Waals surface area contributed by atoms with E-state index in [9.17, 15) is 9.59 Å². The average molecular weight is 471 g/mol. The van der Waals surface area contributed by atoms with Crippen molar-refractivity contribution in [3.05, 3.63) is 95.6 Å². The van der Waals surface area contributed by atoms with Crippen molar-refractivity contribution in [1.29, 1.82) is 0 Å². The molecule has 6 nitrogen and oxygen atoms in total. The molecular weight excluding hydrogens is 436 g/mol. The Balaban J connectivity index is 1.74. The summed E-state index contributed by atoms with van der Waals surface area (Å²) in [6, 6.07) is 17.2. The predicted molar refractivity (Wildman–Crippen MR) is 137 cm³/mol. The van der Waals surface area contributed by atoms with E-state index in [1.165, 1.54) is 30.6 Å². The molecule has 0 radical (unpaired) electrons. The summed E-state index contributed by atoms with van der Waals surface area (Å²) in [5, 5.41) is 3.26. The van der Waals surface area contributed by atoms with Gasteiger partial charge >= 0.3 is 0 Å². The van der Waals surface area contributed by atoms with E-state index in [1.807, 2.05) is 54.6 Å². The number of nitrogens with one attached hydrogen (secondary N) is 1. The Morgan fingerprint density at radius 1 is 0.943 bits per heavy atom. The second kappa shape index (κ2) is 11.7. The number of hydrogen-bond donors (Lipinski definition) is 1. The topological polar surface area (TPSA) is 75.2 Å². The first-order valence-electron chi connectivity index (χ1n) is 12.5. The maximum absolute atomic E-state index is 13.9. The van der Waals surface area contributed by atoms with Gasteiger partial charge in [0, 0.05) is 25.0 Å². The largest absolute Gasteiger partial charge is 0.351 e. The van der Waals surface area contributed by atoms with Gasteiger partial charge in [0.05, 0.1) is 6.20 Å². The molecule has 0 aliphatic heterocycles. The molecule has 0 bridgehead atoms. The van der Waals surface area contributed by atoms with Crippen LogP contribution in [0.1, 0.15) is 85.1 Å². The van der Waals surface area contributed by atoms with Crippen LogP contribution in [0.25, 0.3) is 0 Å². The first-order valence-corrected chi connectivity index (χ1v) is 12.5. The summed E-state index contributed by atoms with van der Waals surface area (Å²) >= 11 is 0. The van der Waals surface area contributed by atoms with E-state index >= 15 is 0 Å². The maximum Gasteiger partial charge on any atom is 0.275 e. The molecule has 3 aromatic rings. The van der Waals surface area contributed by atoms with Crippen LogP contribution in [0.5, 0.6) is 0 Å². The highest BCUT2D eigenvalue weighted by molar-refractivity contribution is 5.96. The third-order valence-corrected chi connectivity index (χ3v) is 6.67. The Morgan fingerprint density at radius 2 is 1.63 bits per heavy atom. The molecule has 2 amide bonds. The molecule has 1 aliphatic carbocycles. The maximum atomic E-state index is 13.9. The number of nitrogens with zero attached hydrogens (tertiary/aromatic N) is 3. The lowest BCUT2D eigenvalue weighted by atomic mass is 9.94. The van der Waals surface area contributed by atoms with Gasteiger partial charge in [0.25, 0.3) is 5.91 Å². The summed E-state index contributed by atoms with van der Waals surface area (Å²) in [5.41, 5.74) is 3.14. The van der Waals surface area contributed by atoms with Crippen molar-refractivity contribution in [2.45, 2.75) is 70.5 Å². The standard InChI is InChI=1S/C29H34N4O2/c1-21(2)23-13-15-24(16-14-23)27(28(34)32-25-11-7-4-8-12-25)33(20-22-9-5-3-6-10-22)29(35)26-19-30-17-18-31-26/h3,5-6,9-10,13-19,21,25,27H,4,7-8,11-12,20H2,1-2H3,(H,32,34). The fraction of sp³-hybridized carbons (Fsp3) is 0.379. The summed E-state index contributed by atoms with van der Waals surface area (Å²) in [6.07, 6.45) is 9.88. The van der Waals surface area contributed by atoms with Gasteiger partial charge in [-0.05, 0) is 35.4 Å². The molecular formula is C29H34N4O2. The first-order chi connectivity index (χ1) is 17.0. The van der Waals surface area contributed by atoms with Crippen molar-refractivity contribution in [2.75, 3.05) is 0 Å². The summed E-state index contributed by atoms with van der Waals surface area (Å²) < 4.78 is 0. The Hall–Kier alpha value is -3.54. The number of benzene rings is 2. The van der Waals surface area contributed by atoms with Crippen molar-refractivity contribution >= 4 is 11.8 Å². The van der Waals surface area contributed by atoms with E-state index in [-0.39, 0.29) is 30.1 Å². The third kappa shape index (κ3) is 6.32. The van der Waals surface area contributed by atoms with Crippen LogP contribution in [0.15, 0.2) is 73.2 Å². The summed E-state index contributed by atoms with van der Waals surface area (Å²) in [4.78, 5) is 37.6. The van der Waals surface area contributed by atoms with Crippen molar-refractivity contribution in [1.82, 2.24) is 20.2 Å². The number of carbonyl (C=O) groups excluding carboxylic acids is 2. The summed E-state index contributed by atoms with van der Waals surface area (Å²) in [7, 11) is 0. The number of hydrogen-bond acceptors (Lipinski definition) is 4. The first kappa shape index (κ1) is 24.6. The molecule has 1 heterocycles. The zero-order valence-corrected chi connectivity index (χ0v) is 20.6. The van der Waals surface area contributed by atoms with Crippen molar-refractivity contribution in [2.24, 2.45) is 0 Å². The highest BCUT2D eigenvalue weighted by Crippen LogP contribution is 2.28. The normalized spacial score (nSPS) is 14.9. The van der Waals surface area contributed by atoms with Gasteiger partial charge in [-0.25, -0.2) is 4.98 Å². The second-order valence-electron chi connectivity index (χ2n) is 9.58. The number of aromatic nitrogens is 2. The molecule has 2 aromatic carbocycles. The van der Waals surface area contributed by atoms with Crippen LogP contribution in [0.2, 0.25) is 0 Å².